The van der Waals surface area contributed by atoms with Gasteiger partial charge in [0, 0.05) is 32.7 Å². The van der Waals surface area contributed by atoms with E-state index in [1.165, 1.54) is 19.2 Å². The standard InChI is InChI=1S/C22H24F2N2O3/c1-28-19-11-5-10-18(20(19)29-22(23)24)21(27)26-15-13-25(14-16-26)12-6-9-17-7-3-2-4-8-17/h2-11,22H,12-16H2,1H3. The predicted octanol–water partition coefficient (Wildman–Crippen LogP) is 3.77. The summed E-state index contributed by atoms with van der Waals surface area (Å²) < 4.78 is 35.2. The Morgan fingerprint density at radius 3 is 2.45 bits per heavy atom. The van der Waals surface area contributed by atoms with Crippen LogP contribution in [0, 0.1) is 0 Å². The van der Waals surface area contributed by atoms with E-state index in [0.717, 1.165) is 12.1 Å². The number of alkyl halides is 2. The highest BCUT2D eigenvalue weighted by Gasteiger charge is 2.26. The third-order valence-corrected chi connectivity index (χ3v) is 4.77. The first kappa shape index (κ1) is 20.8. The van der Waals surface area contributed by atoms with Gasteiger partial charge in [-0.2, -0.15) is 8.78 Å². The van der Waals surface area contributed by atoms with E-state index in [4.69, 9.17) is 4.74 Å². The summed E-state index contributed by atoms with van der Waals surface area (Å²) in [7, 11) is 1.35. The first-order valence-corrected chi connectivity index (χ1v) is 9.43. The van der Waals surface area contributed by atoms with Gasteiger partial charge in [-0.05, 0) is 17.7 Å². The number of benzene rings is 2. The lowest BCUT2D eigenvalue weighted by molar-refractivity contribution is -0.0517. The number of methoxy groups -OCH3 is 1. The number of carbonyl (C=O) groups excluding carboxylic acids is 1. The molecule has 1 amide bonds. The average Bonchev–Trinajstić information content (AvgIpc) is 2.74. The predicted molar refractivity (Wildman–Crippen MR) is 107 cm³/mol. The van der Waals surface area contributed by atoms with Crippen LogP contribution in [0.25, 0.3) is 6.08 Å². The minimum absolute atomic E-state index is 0.0853. The van der Waals surface area contributed by atoms with Crippen molar-refractivity contribution in [1.82, 2.24) is 9.80 Å². The van der Waals surface area contributed by atoms with Crippen LogP contribution in [0.2, 0.25) is 0 Å². The maximum Gasteiger partial charge on any atom is 0.387 e. The Balaban J connectivity index is 1.59. The van der Waals surface area contributed by atoms with E-state index in [1.807, 2.05) is 30.3 Å². The molecule has 0 atom stereocenters. The molecule has 1 saturated heterocycles. The summed E-state index contributed by atoms with van der Waals surface area (Å²) in [5.74, 6) is -0.442. The lowest BCUT2D eigenvalue weighted by Crippen LogP contribution is -2.48. The highest BCUT2D eigenvalue weighted by atomic mass is 19.3. The number of amides is 1. The second kappa shape index (κ2) is 10.0. The van der Waals surface area contributed by atoms with Gasteiger partial charge in [0.05, 0.1) is 12.7 Å². The van der Waals surface area contributed by atoms with Gasteiger partial charge in [0.1, 0.15) is 0 Å². The molecule has 0 unspecified atom stereocenters. The molecule has 29 heavy (non-hydrogen) atoms. The molecule has 3 rings (SSSR count). The van der Waals surface area contributed by atoms with Crippen LogP contribution in [0.1, 0.15) is 15.9 Å². The van der Waals surface area contributed by atoms with Crippen LogP contribution in [0.3, 0.4) is 0 Å². The molecule has 7 heteroatoms. The van der Waals surface area contributed by atoms with E-state index in [1.54, 1.807) is 11.0 Å². The lowest BCUT2D eigenvalue weighted by atomic mass is 10.1. The molecular weight excluding hydrogens is 378 g/mol. The van der Waals surface area contributed by atoms with Gasteiger partial charge in [-0.25, -0.2) is 0 Å². The summed E-state index contributed by atoms with van der Waals surface area (Å²) in [4.78, 5) is 16.8. The Morgan fingerprint density at radius 1 is 1.07 bits per heavy atom. The molecule has 0 aromatic heterocycles. The Hall–Kier alpha value is -2.93. The topological polar surface area (TPSA) is 42.0 Å². The van der Waals surface area contributed by atoms with Crippen molar-refractivity contribution < 1.29 is 23.0 Å². The van der Waals surface area contributed by atoms with Crippen molar-refractivity contribution in [2.45, 2.75) is 6.61 Å². The van der Waals surface area contributed by atoms with Crippen LogP contribution in [0.15, 0.2) is 54.6 Å². The molecule has 0 N–H and O–H groups in total. The summed E-state index contributed by atoms with van der Waals surface area (Å²) in [6.07, 6.45) is 4.17. The van der Waals surface area contributed by atoms with Crippen LogP contribution in [0.4, 0.5) is 8.78 Å². The number of nitrogens with zero attached hydrogens (tertiary/aromatic N) is 2. The zero-order chi connectivity index (χ0) is 20.6. The van der Waals surface area contributed by atoms with Gasteiger partial charge in [0.15, 0.2) is 11.5 Å². The van der Waals surface area contributed by atoms with Crippen LogP contribution < -0.4 is 9.47 Å². The second-order valence-corrected chi connectivity index (χ2v) is 6.62. The smallest absolute Gasteiger partial charge is 0.387 e. The summed E-state index contributed by atoms with van der Waals surface area (Å²) in [6, 6.07) is 14.6. The summed E-state index contributed by atoms with van der Waals surface area (Å²) in [5.41, 5.74) is 1.23. The van der Waals surface area contributed by atoms with Crippen LogP contribution in [-0.2, 0) is 0 Å². The lowest BCUT2D eigenvalue weighted by Gasteiger charge is -2.34. The van der Waals surface area contributed by atoms with E-state index >= 15 is 0 Å². The zero-order valence-corrected chi connectivity index (χ0v) is 16.3. The zero-order valence-electron chi connectivity index (χ0n) is 16.3. The fraction of sp³-hybridized carbons (Fsp3) is 0.318. The molecule has 5 nitrogen and oxygen atoms in total. The minimum atomic E-state index is -3.04. The number of halogens is 2. The van der Waals surface area contributed by atoms with Crippen molar-refractivity contribution in [3.63, 3.8) is 0 Å². The Bertz CT molecular complexity index is 835. The first-order chi connectivity index (χ1) is 14.1. The van der Waals surface area contributed by atoms with Crippen molar-refractivity contribution in [3.8, 4) is 11.5 Å². The fourth-order valence-corrected chi connectivity index (χ4v) is 3.26. The molecule has 2 aromatic rings. The third-order valence-electron chi connectivity index (χ3n) is 4.77. The van der Waals surface area contributed by atoms with Gasteiger partial charge in [-0.15, -0.1) is 0 Å². The molecule has 1 fully saturated rings. The Kier molecular flexibility index (Phi) is 7.19. The van der Waals surface area contributed by atoms with Crippen molar-refractivity contribution in [1.29, 1.82) is 0 Å². The molecule has 1 aliphatic heterocycles. The molecule has 154 valence electrons. The minimum Gasteiger partial charge on any atom is -0.493 e. The van der Waals surface area contributed by atoms with Crippen LogP contribution in [0.5, 0.6) is 11.5 Å². The molecule has 1 aliphatic rings. The fourth-order valence-electron chi connectivity index (χ4n) is 3.26. The summed E-state index contributed by atoms with van der Waals surface area (Å²) >= 11 is 0. The molecule has 0 saturated carbocycles. The Labute approximate surface area is 169 Å². The molecule has 0 radical (unpaired) electrons. The van der Waals surface area contributed by atoms with E-state index in [9.17, 15) is 13.6 Å². The van der Waals surface area contributed by atoms with Gasteiger partial charge in [-0.1, -0.05) is 48.6 Å². The highest BCUT2D eigenvalue weighted by Crippen LogP contribution is 2.33. The maximum absolute atomic E-state index is 12.9. The molecule has 0 aliphatic carbocycles. The van der Waals surface area contributed by atoms with Crippen LogP contribution >= 0.6 is 0 Å². The maximum atomic E-state index is 12.9. The number of para-hydroxylation sites is 1. The number of carbonyl (C=O) groups is 1. The number of piperazine rings is 1. The van der Waals surface area contributed by atoms with Gasteiger partial charge in [0.2, 0.25) is 0 Å². The van der Waals surface area contributed by atoms with Gasteiger partial charge in [0.25, 0.3) is 5.91 Å². The molecule has 2 aromatic carbocycles. The van der Waals surface area contributed by atoms with Gasteiger partial charge in [-0.3, -0.25) is 9.69 Å². The second-order valence-electron chi connectivity index (χ2n) is 6.62. The van der Waals surface area contributed by atoms with E-state index in [2.05, 4.69) is 21.8 Å². The SMILES string of the molecule is COc1cccc(C(=O)N2CCN(CC=Cc3ccccc3)CC2)c1OC(F)F. The number of ether oxygens (including phenoxy) is 2. The summed E-state index contributed by atoms with van der Waals surface area (Å²) in [6.45, 7) is 0.202. The van der Waals surface area contributed by atoms with E-state index < -0.39 is 6.61 Å². The largest absolute Gasteiger partial charge is 0.493 e. The Morgan fingerprint density at radius 2 is 1.79 bits per heavy atom. The van der Waals surface area contributed by atoms with Gasteiger partial charge < -0.3 is 14.4 Å². The summed E-state index contributed by atoms with van der Waals surface area (Å²) in [5, 5.41) is 0. The molecule has 0 spiro atoms. The number of hydrogen-bond acceptors (Lipinski definition) is 4. The van der Waals surface area contributed by atoms with Crippen molar-refractivity contribution >= 4 is 12.0 Å². The number of rotatable bonds is 7. The quantitative estimate of drug-likeness (QED) is 0.707. The molecule has 1 heterocycles. The van der Waals surface area contributed by atoms with Crippen LogP contribution in [-0.4, -0.2) is 62.2 Å². The number of hydrogen-bond donors (Lipinski definition) is 0. The van der Waals surface area contributed by atoms with Crippen molar-refractivity contribution in [3.05, 3.63) is 65.7 Å². The van der Waals surface area contributed by atoms with Gasteiger partial charge >= 0.3 is 6.61 Å². The molecular formula is C22H24F2N2O3. The average molecular weight is 402 g/mol. The monoisotopic (exact) mass is 402 g/mol. The van der Waals surface area contributed by atoms with Crippen molar-refractivity contribution in [2.75, 3.05) is 39.8 Å². The highest BCUT2D eigenvalue weighted by molar-refractivity contribution is 5.98. The van der Waals surface area contributed by atoms with E-state index in [-0.39, 0.29) is 23.0 Å². The van der Waals surface area contributed by atoms with Crippen molar-refractivity contribution in [2.24, 2.45) is 0 Å². The third kappa shape index (κ3) is 5.54. The molecule has 0 bridgehead atoms. The first-order valence-electron chi connectivity index (χ1n) is 9.43. The normalized spacial score (nSPS) is 15.1. The van der Waals surface area contributed by atoms with E-state index in [0.29, 0.717) is 26.2 Å².